The van der Waals surface area contributed by atoms with Gasteiger partial charge in [0, 0.05) is 6.42 Å². The van der Waals surface area contributed by atoms with Crippen LogP contribution in [0.4, 0.5) is 0 Å². The second-order valence-corrected chi connectivity index (χ2v) is 3.29. The molecular formula is C7H14O7S. The van der Waals surface area contributed by atoms with E-state index in [1.54, 1.807) is 0 Å². The molecule has 7 nitrogen and oxygen atoms in total. The molecule has 0 aromatic carbocycles. The molecule has 8 heteroatoms. The topological polar surface area (TPSA) is 132 Å². The molecule has 0 spiro atoms. The Balaban J connectivity index is -0.000000158. The average molecular weight is 242 g/mol. The van der Waals surface area contributed by atoms with Crippen LogP contribution in [0.5, 0.6) is 0 Å². The van der Waals surface area contributed by atoms with E-state index < -0.39 is 10.1 Å². The van der Waals surface area contributed by atoms with Crippen LogP contribution in [-0.4, -0.2) is 54.2 Å². The van der Waals surface area contributed by atoms with Gasteiger partial charge in [0.1, 0.15) is 6.61 Å². The molecule has 0 saturated heterocycles. The van der Waals surface area contributed by atoms with Gasteiger partial charge in [-0.3, -0.25) is 9.35 Å². The van der Waals surface area contributed by atoms with Gasteiger partial charge >= 0.3 is 0 Å². The third kappa shape index (κ3) is 185. The van der Waals surface area contributed by atoms with Crippen LogP contribution in [0.3, 0.4) is 0 Å². The standard InChI is InChI=1S/C5H8O2.CH4O3S.CH2O2/c6-4-2-1-3-5-7;1-5(2,3)4;2-1-3/h6-7H,2,4-5H2;1H3,(H,2,3,4);1H,(H,2,3). The number of aliphatic hydroxyl groups excluding tert-OH is 2. The van der Waals surface area contributed by atoms with Crippen molar-refractivity contribution < 1.29 is 33.1 Å². The van der Waals surface area contributed by atoms with E-state index in [9.17, 15) is 8.42 Å². The molecule has 0 amide bonds. The normalized spacial score (nSPS) is 8.00. The SMILES string of the molecule is CS(=O)(=O)O.O=CO.OCC#CCCO. The number of hydrogen-bond acceptors (Lipinski definition) is 5. The van der Waals surface area contributed by atoms with Crippen molar-refractivity contribution in [3.05, 3.63) is 0 Å². The predicted molar refractivity (Wildman–Crippen MR) is 52.7 cm³/mol. The molecule has 0 heterocycles. The molecule has 90 valence electrons. The summed E-state index contributed by atoms with van der Waals surface area (Å²) in [6.07, 6.45) is 1.17. The fourth-order valence-corrected chi connectivity index (χ4v) is 0.200. The van der Waals surface area contributed by atoms with Gasteiger partial charge in [-0.1, -0.05) is 11.8 Å². The molecule has 15 heavy (non-hydrogen) atoms. The van der Waals surface area contributed by atoms with Crippen molar-refractivity contribution >= 4 is 16.6 Å². The summed E-state index contributed by atoms with van der Waals surface area (Å²) in [5.41, 5.74) is 0. The first-order valence-electron chi connectivity index (χ1n) is 3.51. The van der Waals surface area contributed by atoms with E-state index in [4.69, 9.17) is 24.7 Å². The highest BCUT2D eigenvalue weighted by Crippen LogP contribution is 1.66. The van der Waals surface area contributed by atoms with Crippen LogP contribution in [0, 0.1) is 11.8 Å². The maximum atomic E-state index is 9.19. The molecule has 0 aliphatic rings. The van der Waals surface area contributed by atoms with Crippen LogP contribution < -0.4 is 0 Å². The van der Waals surface area contributed by atoms with E-state index in [0.717, 1.165) is 0 Å². The highest BCUT2D eigenvalue weighted by molar-refractivity contribution is 7.85. The molecule has 0 aliphatic carbocycles. The van der Waals surface area contributed by atoms with Gasteiger partial charge in [-0.15, -0.1) is 0 Å². The van der Waals surface area contributed by atoms with E-state index in [2.05, 4.69) is 11.8 Å². The first kappa shape index (κ1) is 19.4. The Morgan fingerprint density at radius 2 is 1.60 bits per heavy atom. The van der Waals surface area contributed by atoms with Gasteiger partial charge in [-0.25, -0.2) is 0 Å². The summed E-state index contributed by atoms with van der Waals surface area (Å²) in [5, 5.41) is 23.0. The summed E-state index contributed by atoms with van der Waals surface area (Å²) in [4.78, 5) is 8.36. The predicted octanol–water partition coefficient (Wildman–Crippen LogP) is -1.43. The van der Waals surface area contributed by atoms with Gasteiger partial charge in [-0.05, 0) is 0 Å². The molecule has 0 radical (unpaired) electrons. The van der Waals surface area contributed by atoms with Gasteiger partial charge < -0.3 is 15.3 Å². The molecule has 0 rings (SSSR count). The van der Waals surface area contributed by atoms with Crippen molar-refractivity contribution in [2.75, 3.05) is 19.5 Å². The minimum absolute atomic E-state index is 0.0764. The minimum Gasteiger partial charge on any atom is -0.483 e. The Hall–Kier alpha value is -1.14. The Bertz CT molecular complexity index is 263. The largest absolute Gasteiger partial charge is 0.483 e. The van der Waals surface area contributed by atoms with Crippen molar-refractivity contribution in [2.24, 2.45) is 0 Å². The molecule has 0 bridgehead atoms. The number of rotatable bonds is 1. The molecule has 0 aromatic heterocycles. The monoisotopic (exact) mass is 242 g/mol. The molecule has 0 saturated carbocycles. The second-order valence-electron chi connectivity index (χ2n) is 1.82. The van der Waals surface area contributed by atoms with Crippen molar-refractivity contribution in [1.29, 1.82) is 0 Å². The highest BCUT2D eigenvalue weighted by Gasteiger charge is 1.81. The summed E-state index contributed by atoms with van der Waals surface area (Å²) in [6, 6.07) is 0. The number of carboxylic acid groups (broad SMARTS) is 1. The second kappa shape index (κ2) is 15.3. The zero-order valence-corrected chi connectivity index (χ0v) is 8.94. The summed E-state index contributed by atoms with van der Waals surface area (Å²) >= 11 is 0. The minimum atomic E-state index is -3.67. The molecule has 0 atom stereocenters. The van der Waals surface area contributed by atoms with E-state index in [1.807, 2.05) is 0 Å². The first-order valence-corrected chi connectivity index (χ1v) is 5.36. The maximum absolute atomic E-state index is 9.19. The lowest BCUT2D eigenvalue weighted by Gasteiger charge is -1.74. The van der Waals surface area contributed by atoms with Crippen molar-refractivity contribution in [1.82, 2.24) is 0 Å². The molecule has 0 fully saturated rings. The van der Waals surface area contributed by atoms with Crippen LogP contribution in [0.15, 0.2) is 0 Å². The molecular weight excluding hydrogens is 228 g/mol. The van der Waals surface area contributed by atoms with E-state index >= 15 is 0 Å². The van der Waals surface area contributed by atoms with Gasteiger partial charge in [0.25, 0.3) is 16.6 Å². The molecule has 0 unspecified atom stereocenters. The third-order valence-corrected chi connectivity index (χ3v) is 0.441. The van der Waals surface area contributed by atoms with Crippen LogP contribution >= 0.6 is 0 Å². The lowest BCUT2D eigenvalue weighted by Crippen LogP contribution is -1.88. The Morgan fingerprint density at radius 3 is 1.80 bits per heavy atom. The van der Waals surface area contributed by atoms with E-state index in [-0.39, 0.29) is 19.7 Å². The van der Waals surface area contributed by atoms with Gasteiger partial charge in [0.05, 0.1) is 12.9 Å². The van der Waals surface area contributed by atoms with Gasteiger partial charge in [0.15, 0.2) is 0 Å². The number of carbonyl (C=O) groups is 1. The van der Waals surface area contributed by atoms with Crippen molar-refractivity contribution in [3.63, 3.8) is 0 Å². The maximum Gasteiger partial charge on any atom is 0.290 e. The Morgan fingerprint density at radius 1 is 1.27 bits per heavy atom. The zero-order valence-electron chi connectivity index (χ0n) is 8.12. The van der Waals surface area contributed by atoms with Crippen LogP contribution in [0.25, 0.3) is 0 Å². The van der Waals surface area contributed by atoms with E-state index in [1.165, 1.54) is 0 Å². The summed E-state index contributed by atoms with van der Waals surface area (Å²) in [5.74, 6) is 4.93. The summed E-state index contributed by atoms with van der Waals surface area (Å²) in [6.45, 7) is -0.285. The lowest BCUT2D eigenvalue weighted by molar-refractivity contribution is -0.122. The number of hydrogen-bond donors (Lipinski definition) is 4. The first-order chi connectivity index (χ1) is 6.83. The zero-order chi connectivity index (χ0) is 12.7. The van der Waals surface area contributed by atoms with Crippen molar-refractivity contribution in [2.45, 2.75) is 6.42 Å². The smallest absolute Gasteiger partial charge is 0.290 e. The quantitative estimate of drug-likeness (QED) is 0.252. The fourth-order valence-electron chi connectivity index (χ4n) is 0.200. The Kier molecular flexibility index (Phi) is 19.9. The van der Waals surface area contributed by atoms with Crippen LogP contribution in [-0.2, 0) is 14.9 Å². The summed E-state index contributed by atoms with van der Waals surface area (Å²) in [7, 11) is -3.67. The van der Waals surface area contributed by atoms with E-state index in [0.29, 0.717) is 12.7 Å². The number of aliphatic hydroxyl groups is 2. The van der Waals surface area contributed by atoms with Crippen molar-refractivity contribution in [3.8, 4) is 11.8 Å². The molecule has 0 aliphatic heterocycles. The summed E-state index contributed by atoms with van der Waals surface area (Å²) < 4.78 is 25.9. The lowest BCUT2D eigenvalue weighted by atomic mass is 10.4. The van der Waals surface area contributed by atoms with Crippen LogP contribution in [0.1, 0.15) is 6.42 Å². The molecule has 0 aromatic rings. The fraction of sp³-hybridized carbons (Fsp3) is 0.571. The average Bonchev–Trinajstić information content (AvgIpc) is 2.04. The Labute approximate surface area is 88.1 Å². The van der Waals surface area contributed by atoms with Gasteiger partial charge in [0.2, 0.25) is 0 Å². The van der Waals surface area contributed by atoms with Gasteiger partial charge in [-0.2, -0.15) is 8.42 Å². The molecule has 4 N–H and O–H groups in total. The third-order valence-electron chi connectivity index (χ3n) is 0.441. The van der Waals surface area contributed by atoms with Crippen LogP contribution in [0.2, 0.25) is 0 Å². The highest BCUT2D eigenvalue weighted by atomic mass is 32.2.